The van der Waals surface area contributed by atoms with Crippen LogP contribution in [0.2, 0.25) is 0 Å². The number of anilines is 3. The maximum Gasteiger partial charge on any atom is 0.153 e. The van der Waals surface area contributed by atoms with Crippen LogP contribution in [0, 0.1) is 0 Å². The van der Waals surface area contributed by atoms with E-state index in [0.717, 1.165) is 83.0 Å². The molecule has 0 aliphatic heterocycles. The van der Waals surface area contributed by atoms with Crippen LogP contribution in [-0.4, -0.2) is 4.98 Å². The molecule has 0 bridgehead atoms. The van der Waals surface area contributed by atoms with Gasteiger partial charge in [-0.15, -0.1) is 0 Å². The molecule has 0 amide bonds. The highest BCUT2D eigenvalue weighted by Crippen LogP contribution is 2.40. The van der Waals surface area contributed by atoms with Crippen LogP contribution in [0.3, 0.4) is 0 Å². The molecule has 0 aliphatic carbocycles. The minimum absolute atomic E-state index is 0.813. The Hall–Kier alpha value is -5.87. The summed E-state index contributed by atoms with van der Waals surface area (Å²) in [7, 11) is 0. The molecule has 3 heterocycles. The lowest BCUT2D eigenvalue weighted by Gasteiger charge is -2.25. The van der Waals surface area contributed by atoms with Crippen molar-refractivity contribution in [2.45, 2.75) is 0 Å². The molecule has 0 radical (unpaired) electrons. The molecule has 0 unspecified atom stereocenters. The molecule has 43 heavy (non-hydrogen) atoms. The highest BCUT2D eigenvalue weighted by atomic mass is 16.3. The first-order chi connectivity index (χ1) is 21.3. The number of benzene rings is 6. The average molecular weight is 553 g/mol. The van der Waals surface area contributed by atoms with Crippen molar-refractivity contribution in [2.24, 2.45) is 0 Å². The van der Waals surface area contributed by atoms with Crippen LogP contribution in [0.5, 0.6) is 0 Å². The Balaban J connectivity index is 1.13. The molecule has 9 rings (SSSR count). The average Bonchev–Trinajstić information content (AvgIpc) is 3.64. The van der Waals surface area contributed by atoms with Crippen LogP contribution < -0.4 is 4.90 Å². The number of pyridine rings is 1. The Morgan fingerprint density at radius 3 is 2.05 bits per heavy atom. The zero-order valence-electron chi connectivity index (χ0n) is 23.1. The number of hydrogen-bond acceptors (Lipinski definition) is 4. The standard InChI is InChI=1S/C39H24N2O2/c1-2-7-28(8-3-1)41(30-18-21-35-33(24-30)32-9-4-5-10-34(32)42-35)29-16-12-25(13-17-29)26-14-19-31-27(23-26)15-20-36-38(31)39-37(43-36)11-6-22-40-39/h1-24H. The number of nitrogens with zero attached hydrogens (tertiary/aromatic N) is 2. The summed E-state index contributed by atoms with van der Waals surface area (Å²) in [5, 5.41) is 5.60. The lowest BCUT2D eigenvalue weighted by atomic mass is 9.99. The zero-order valence-corrected chi connectivity index (χ0v) is 23.1. The first kappa shape index (κ1) is 23.8. The molecule has 0 saturated heterocycles. The third kappa shape index (κ3) is 3.81. The molecular formula is C39H24N2O2. The highest BCUT2D eigenvalue weighted by Gasteiger charge is 2.16. The quantitative estimate of drug-likeness (QED) is 0.218. The summed E-state index contributed by atoms with van der Waals surface area (Å²) in [5.74, 6) is 0. The van der Waals surface area contributed by atoms with E-state index in [-0.39, 0.29) is 0 Å². The Morgan fingerprint density at radius 1 is 0.442 bits per heavy atom. The summed E-state index contributed by atoms with van der Waals surface area (Å²) < 4.78 is 12.2. The van der Waals surface area contributed by atoms with Gasteiger partial charge in [0, 0.05) is 34.0 Å². The van der Waals surface area contributed by atoms with Gasteiger partial charge in [-0.3, -0.25) is 4.98 Å². The Bertz CT molecular complexity index is 2450. The molecule has 4 nitrogen and oxygen atoms in total. The van der Waals surface area contributed by atoms with E-state index in [1.54, 1.807) is 0 Å². The second-order valence-electron chi connectivity index (χ2n) is 10.8. The zero-order chi connectivity index (χ0) is 28.3. The topological polar surface area (TPSA) is 42.4 Å². The molecule has 6 aromatic carbocycles. The van der Waals surface area contributed by atoms with E-state index in [1.807, 2.05) is 42.6 Å². The van der Waals surface area contributed by atoms with Crippen molar-refractivity contribution in [3.05, 3.63) is 146 Å². The van der Waals surface area contributed by atoms with Crippen LogP contribution in [0.25, 0.3) is 65.9 Å². The van der Waals surface area contributed by atoms with E-state index in [9.17, 15) is 0 Å². The van der Waals surface area contributed by atoms with E-state index in [0.29, 0.717) is 0 Å². The van der Waals surface area contributed by atoms with Gasteiger partial charge in [0.15, 0.2) is 5.58 Å². The van der Waals surface area contributed by atoms with Crippen molar-refractivity contribution >= 4 is 71.8 Å². The van der Waals surface area contributed by atoms with E-state index in [4.69, 9.17) is 8.83 Å². The van der Waals surface area contributed by atoms with Crippen LogP contribution in [-0.2, 0) is 0 Å². The third-order valence-electron chi connectivity index (χ3n) is 8.30. The summed E-state index contributed by atoms with van der Waals surface area (Å²) in [6.45, 7) is 0. The molecule has 0 atom stereocenters. The van der Waals surface area contributed by atoms with Gasteiger partial charge in [0.2, 0.25) is 0 Å². The minimum atomic E-state index is 0.813. The van der Waals surface area contributed by atoms with Crippen LogP contribution in [0.15, 0.2) is 155 Å². The van der Waals surface area contributed by atoms with Crippen molar-refractivity contribution in [1.29, 1.82) is 0 Å². The number of rotatable bonds is 4. The van der Waals surface area contributed by atoms with Crippen LogP contribution in [0.1, 0.15) is 0 Å². The molecule has 0 fully saturated rings. The van der Waals surface area contributed by atoms with Gasteiger partial charge in [0.1, 0.15) is 22.3 Å². The minimum Gasteiger partial charge on any atom is -0.456 e. The van der Waals surface area contributed by atoms with Gasteiger partial charge >= 0.3 is 0 Å². The summed E-state index contributed by atoms with van der Waals surface area (Å²) >= 11 is 0. The number of aromatic nitrogens is 1. The highest BCUT2D eigenvalue weighted by molar-refractivity contribution is 6.17. The van der Waals surface area contributed by atoms with Crippen molar-refractivity contribution in [1.82, 2.24) is 4.98 Å². The Morgan fingerprint density at radius 2 is 1.14 bits per heavy atom. The van der Waals surface area contributed by atoms with E-state index >= 15 is 0 Å². The van der Waals surface area contributed by atoms with Gasteiger partial charge in [-0.1, -0.05) is 66.7 Å². The number of hydrogen-bond donors (Lipinski definition) is 0. The fraction of sp³-hybridized carbons (Fsp3) is 0. The fourth-order valence-corrected chi connectivity index (χ4v) is 6.28. The van der Waals surface area contributed by atoms with Gasteiger partial charge in [-0.05, 0) is 94.7 Å². The second kappa shape index (κ2) is 9.33. The summed E-state index contributed by atoms with van der Waals surface area (Å²) in [5.41, 5.74) is 9.95. The van der Waals surface area contributed by atoms with Gasteiger partial charge < -0.3 is 13.7 Å². The third-order valence-corrected chi connectivity index (χ3v) is 8.30. The maximum absolute atomic E-state index is 6.11. The first-order valence-electron chi connectivity index (χ1n) is 14.4. The number of para-hydroxylation sites is 2. The lowest BCUT2D eigenvalue weighted by molar-refractivity contribution is 0.668. The van der Waals surface area contributed by atoms with Crippen LogP contribution >= 0.6 is 0 Å². The van der Waals surface area contributed by atoms with Gasteiger partial charge in [0.25, 0.3) is 0 Å². The smallest absolute Gasteiger partial charge is 0.153 e. The van der Waals surface area contributed by atoms with E-state index in [2.05, 4.69) is 113 Å². The predicted molar refractivity (Wildman–Crippen MR) is 176 cm³/mol. The summed E-state index contributed by atoms with van der Waals surface area (Å²) in [6.07, 6.45) is 1.82. The summed E-state index contributed by atoms with van der Waals surface area (Å²) in [4.78, 5) is 6.89. The first-order valence-corrected chi connectivity index (χ1v) is 14.4. The molecule has 0 spiro atoms. The number of furan rings is 2. The molecule has 0 saturated carbocycles. The molecule has 0 aliphatic rings. The molecule has 202 valence electrons. The Kier molecular flexibility index (Phi) is 5.16. The van der Waals surface area contributed by atoms with Crippen LogP contribution in [0.4, 0.5) is 17.1 Å². The predicted octanol–water partition coefficient (Wildman–Crippen LogP) is 11.2. The van der Waals surface area contributed by atoms with Crippen molar-refractivity contribution in [3.63, 3.8) is 0 Å². The Labute approximate surface area is 247 Å². The lowest BCUT2D eigenvalue weighted by Crippen LogP contribution is -2.09. The molecular weight excluding hydrogens is 528 g/mol. The molecule has 0 N–H and O–H groups in total. The van der Waals surface area contributed by atoms with Gasteiger partial charge in [-0.25, -0.2) is 0 Å². The fourth-order valence-electron chi connectivity index (χ4n) is 6.28. The SMILES string of the molecule is c1ccc(N(c2ccc(-c3ccc4c(ccc5oc6cccnc6c54)c3)cc2)c2ccc3oc4ccccc4c3c2)cc1. The molecule has 9 aromatic rings. The largest absolute Gasteiger partial charge is 0.456 e. The summed E-state index contributed by atoms with van der Waals surface area (Å²) in [6, 6.07) is 48.6. The van der Waals surface area contributed by atoms with Crippen molar-refractivity contribution in [2.75, 3.05) is 4.90 Å². The monoisotopic (exact) mass is 552 g/mol. The maximum atomic E-state index is 6.11. The molecule has 3 aromatic heterocycles. The van der Waals surface area contributed by atoms with Crippen molar-refractivity contribution in [3.8, 4) is 11.1 Å². The van der Waals surface area contributed by atoms with E-state index < -0.39 is 0 Å². The van der Waals surface area contributed by atoms with Gasteiger partial charge in [-0.2, -0.15) is 0 Å². The normalized spacial score (nSPS) is 11.7. The second-order valence-corrected chi connectivity index (χ2v) is 10.8. The van der Waals surface area contributed by atoms with E-state index in [1.165, 1.54) is 0 Å². The molecule has 4 heteroatoms. The number of fused-ring (bicyclic) bond motifs is 8. The van der Waals surface area contributed by atoms with Crippen molar-refractivity contribution < 1.29 is 8.83 Å². The van der Waals surface area contributed by atoms with Gasteiger partial charge in [0.05, 0.1) is 5.39 Å².